The molecule has 2 aliphatic rings. The number of aliphatic imine (C=N–C) groups is 1. The van der Waals surface area contributed by atoms with Gasteiger partial charge in [0, 0.05) is 17.9 Å². The maximum Gasteiger partial charge on any atom is 0.157 e. The summed E-state index contributed by atoms with van der Waals surface area (Å²) in [7, 11) is 0. The van der Waals surface area contributed by atoms with Crippen LogP contribution < -0.4 is 5.32 Å². The highest BCUT2D eigenvalue weighted by Gasteiger charge is 2.28. The number of hydrogen-bond acceptors (Lipinski definition) is 4. The van der Waals surface area contributed by atoms with Gasteiger partial charge >= 0.3 is 0 Å². The summed E-state index contributed by atoms with van der Waals surface area (Å²) in [6.07, 6.45) is 5.14. The Morgan fingerprint density at radius 2 is 2.22 bits per heavy atom. The maximum absolute atomic E-state index is 5.58. The lowest BCUT2D eigenvalue weighted by atomic mass is 9.99. The smallest absolute Gasteiger partial charge is 0.157 e. The van der Waals surface area contributed by atoms with Crippen LogP contribution in [0.4, 0.5) is 0 Å². The van der Waals surface area contributed by atoms with Gasteiger partial charge in [0.2, 0.25) is 0 Å². The molecule has 0 aromatic rings. The topological polar surface area (TPSA) is 33.6 Å². The normalized spacial score (nSPS) is 32.7. The first-order chi connectivity index (χ1) is 8.72. The second kappa shape index (κ2) is 6.80. The van der Waals surface area contributed by atoms with Gasteiger partial charge in [-0.25, -0.2) is 0 Å². The lowest BCUT2D eigenvalue weighted by Crippen LogP contribution is -2.40. The zero-order valence-corrected chi connectivity index (χ0v) is 12.6. The van der Waals surface area contributed by atoms with Crippen molar-refractivity contribution in [3.05, 3.63) is 0 Å². The van der Waals surface area contributed by atoms with E-state index >= 15 is 0 Å². The number of ether oxygens (including phenoxy) is 1. The number of rotatable bonds is 4. The van der Waals surface area contributed by atoms with E-state index in [1.807, 2.05) is 11.8 Å². The van der Waals surface area contributed by atoms with Gasteiger partial charge in [0.25, 0.3) is 0 Å². The van der Waals surface area contributed by atoms with Crippen LogP contribution in [0.1, 0.15) is 46.5 Å². The van der Waals surface area contributed by atoms with E-state index in [-0.39, 0.29) is 0 Å². The van der Waals surface area contributed by atoms with Crippen LogP contribution in [0, 0.1) is 5.92 Å². The van der Waals surface area contributed by atoms with Crippen LogP contribution in [0.5, 0.6) is 0 Å². The van der Waals surface area contributed by atoms with Crippen molar-refractivity contribution in [1.29, 1.82) is 0 Å². The maximum atomic E-state index is 5.58. The van der Waals surface area contributed by atoms with Crippen molar-refractivity contribution in [2.24, 2.45) is 10.9 Å². The molecule has 2 rings (SSSR count). The van der Waals surface area contributed by atoms with E-state index in [9.17, 15) is 0 Å². The first-order valence-electron chi connectivity index (χ1n) is 7.32. The highest BCUT2D eigenvalue weighted by Crippen LogP contribution is 2.30. The monoisotopic (exact) mass is 270 g/mol. The summed E-state index contributed by atoms with van der Waals surface area (Å²) in [4.78, 5) is 4.68. The highest BCUT2D eigenvalue weighted by molar-refractivity contribution is 8.14. The van der Waals surface area contributed by atoms with Crippen molar-refractivity contribution < 1.29 is 4.74 Å². The van der Waals surface area contributed by atoms with Crippen LogP contribution in [-0.2, 0) is 4.74 Å². The third-order valence-electron chi connectivity index (χ3n) is 4.07. The summed E-state index contributed by atoms with van der Waals surface area (Å²) in [6, 6.07) is 0.556. The first kappa shape index (κ1) is 14.2. The van der Waals surface area contributed by atoms with E-state index in [4.69, 9.17) is 4.74 Å². The Morgan fingerprint density at radius 3 is 2.89 bits per heavy atom. The molecular weight excluding hydrogens is 244 g/mol. The van der Waals surface area contributed by atoms with Crippen molar-refractivity contribution in [3.63, 3.8) is 0 Å². The molecule has 3 nitrogen and oxygen atoms in total. The zero-order valence-electron chi connectivity index (χ0n) is 11.8. The van der Waals surface area contributed by atoms with Crippen LogP contribution in [-0.4, -0.2) is 35.7 Å². The largest absolute Gasteiger partial charge is 0.378 e. The Labute approximate surface area is 115 Å². The summed E-state index contributed by atoms with van der Waals surface area (Å²) in [5, 5.41) is 5.48. The van der Waals surface area contributed by atoms with E-state index in [0.717, 1.165) is 31.9 Å². The minimum Gasteiger partial charge on any atom is -0.378 e. The summed E-state index contributed by atoms with van der Waals surface area (Å²) in [5.74, 6) is 0.812. The lowest BCUT2D eigenvalue weighted by molar-refractivity contribution is 0.0168. The van der Waals surface area contributed by atoms with Gasteiger partial charge in [-0.3, -0.25) is 4.99 Å². The van der Waals surface area contributed by atoms with Gasteiger partial charge in [0.05, 0.1) is 12.6 Å². The number of amidine groups is 1. The van der Waals surface area contributed by atoms with E-state index < -0.39 is 0 Å². The zero-order chi connectivity index (χ0) is 13.0. The molecule has 0 aromatic heterocycles. The van der Waals surface area contributed by atoms with Crippen molar-refractivity contribution in [2.45, 2.75) is 63.9 Å². The van der Waals surface area contributed by atoms with Crippen LogP contribution in [0.15, 0.2) is 4.99 Å². The minimum atomic E-state index is 0.387. The molecule has 0 aromatic carbocycles. The van der Waals surface area contributed by atoms with E-state index in [1.165, 1.54) is 18.0 Å². The van der Waals surface area contributed by atoms with Crippen molar-refractivity contribution >= 4 is 16.9 Å². The van der Waals surface area contributed by atoms with E-state index in [1.54, 1.807) is 0 Å². The van der Waals surface area contributed by atoms with Gasteiger partial charge in [-0.1, -0.05) is 38.5 Å². The van der Waals surface area contributed by atoms with Gasteiger partial charge < -0.3 is 10.1 Å². The molecule has 4 heteroatoms. The molecule has 0 bridgehead atoms. The van der Waals surface area contributed by atoms with Crippen LogP contribution in [0.2, 0.25) is 0 Å². The van der Waals surface area contributed by atoms with Crippen molar-refractivity contribution in [3.8, 4) is 0 Å². The summed E-state index contributed by atoms with van der Waals surface area (Å²) < 4.78 is 5.58. The molecule has 1 saturated heterocycles. The Kier molecular flexibility index (Phi) is 5.37. The molecule has 0 saturated carbocycles. The predicted molar refractivity (Wildman–Crippen MR) is 79.3 cm³/mol. The molecule has 2 heterocycles. The lowest BCUT2D eigenvalue weighted by Gasteiger charge is -2.28. The van der Waals surface area contributed by atoms with Crippen LogP contribution in [0.3, 0.4) is 0 Å². The number of thioether (sulfide) groups is 1. The second-order valence-corrected chi connectivity index (χ2v) is 6.65. The van der Waals surface area contributed by atoms with Crippen LogP contribution >= 0.6 is 11.8 Å². The Balaban J connectivity index is 1.78. The molecule has 1 N–H and O–H groups in total. The van der Waals surface area contributed by atoms with Gasteiger partial charge in [-0.05, 0) is 25.7 Å². The quantitative estimate of drug-likeness (QED) is 0.852. The molecule has 0 radical (unpaired) electrons. The molecule has 3 atom stereocenters. The molecule has 0 amide bonds. The molecule has 104 valence electrons. The summed E-state index contributed by atoms with van der Waals surface area (Å²) >= 11 is 1.96. The van der Waals surface area contributed by atoms with Gasteiger partial charge in [-0.2, -0.15) is 0 Å². The van der Waals surface area contributed by atoms with Gasteiger partial charge in [0.1, 0.15) is 0 Å². The summed E-state index contributed by atoms with van der Waals surface area (Å²) in [5.41, 5.74) is 0. The first-order valence-corrected chi connectivity index (χ1v) is 8.20. The molecule has 18 heavy (non-hydrogen) atoms. The van der Waals surface area contributed by atoms with Crippen molar-refractivity contribution in [2.75, 3.05) is 13.2 Å². The third kappa shape index (κ3) is 3.64. The predicted octanol–water partition coefficient (Wildman–Crippen LogP) is 3.05. The Morgan fingerprint density at radius 1 is 1.44 bits per heavy atom. The molecule has 1 fully saturated rings. The van der Waals surface area contributed by atoms with Gasteiger partial charge in [0.15, 0.2) is 5.17 Å². The molecule has 2 aliphatic heterocycles. The molecule has 0 spiro atoms. The fraction of sp³-hybridized carbons (Fsp3) is 0.929. The van der Waals surface area contributed by atoms with E-state index in [0.29, 0.717) is 17.4 Å². The number of hydrogen-bond donors (Lipinski definition) is 1. The van der Waals surface area contributed by atoms with E-state index in [2.05, 4.69) is 31.1 Å². The molecular formula is C14H26N2OS. The van der Waals surface area contributed by atoms with Crippen LogP contribution in [0.25, 0.3) is 0 Å². The van der Waals surface area contributed by atoms with Gasteiger partial charge in [-0.15, -0.1) is 0 Å². The Hall–Kier alpha value is -0.220. The number of nitrogens with one attached hydrogen (secondary N) is 1. The molecule has 3 unspecified atom stereocenters. The Bertz CT molecular complexity index is 292. The van der Waals surface area contributed by atoms with Crippen molar-refractivity contribution in [1.82, 2.24) is 5.32 Å². The molecule has 0 aliphatic carbocycles. The SMILES string of the molecule is CCC(CC)C1CN=C(NC2CCOC(C)C2)S1. The average Bonchev–Trinajstić information content (AvgIpc) is 2.79. The fourth-order valence-electron chi connectivity index (χ4n) is 2.83. The standard InChI is InChI=1S/C14H26N2OS/c1-4-11(5-2)13-9-15-14(18-13)16-12-6-7-17-10(3)8-12/h10-13H,4-9H2,1-3H3,(H,15,16). The summed E-state index contributed by atoms with van der Waals surface area (Å²) in [6.45, 7) is 8.62. The third-order valence-corrected chi connectivity index (χ3v) is 5.37. The average molecular weight is 270 g/mol. The highest BCUT2D eigenvalue weighted by atomic mass is 32.2. The fourth-order valence-corrected chi connectivity index (χ4v) is 4.23. The minimum absolute atomic E-state index is 0.387. The second-order valence-electron chi connectivity index (χ2n) is 5.43. The number of nitrogens with zero attached hydrogens (tertiary/aromatic N) is 1.